The van der Waals surface area contributed by atoms with Gasteiger partial charge in [0, 0.05) is 37.9 Å². The van der Waals surface area contributed by atoms with E-state index in [2.05, 4.69) is 20.2 Å². The molecule has 6 nitrogen and oxygen atoms in total. The van der Waals surface area contributed by atoms with Gasteiger partial charge in [-0.3, -0.25) is 4.99 Å². The molecule has 4 rings (SSSR count). The van der Waals surface area contributed by atoms with Crippen molar-refractivity contribution in [3.05, 3.63) is 47.8 Å². The minimum absolute atomic E-state index is 0.306. The molecule has 0 atom stereocenters. The SMILES string of the molecule is C1CN=C2NCCCN2C1.CCOC(=O)c1[nH]cc(C)c1-c1ccccc1. The highest BCUT2D eigenvalue weighted by Gasteiger charge is 2.18. The minimum atomic E-state index is -0.306. The molecule has 2 N–H and O–H groups in total. The molecule has 144 valence electrons. The smallest absolute Gasteiger partial charge is 0.355 e. The second-order valence-electron chi connectivity index (χ2n) is 6.63. The van der Waals surface area contributed by atoms with E-state index in [1.165, 1.54) is 25.9 Å². The van der Waals surface area contributed by atoms with Gasteiger partial charge in [0.2, 0.25) is 0 Å². The molecule has 6 heteroatoms. The van der Waals surface area contributed by atoms with Crippen molar-refractivity contribution in [2.24, 2.45) is 4.99 Å². The second kappa shape index (κ2) is 9.26. The number of rotatable bonds is 3. The third kappa shape index (κ3) is 4.70. The van der Waals surface area contributed by atoms with Crippen LogP contribution in [0.15, 0.2) is 41.5 Å². The average molecular weight is 368 g/mol. The Morgan fingerprint density at radius 2 is 2.00 bits per heavy atom. The number of ether oxygens (including phenoxy) is 1. The fraction of sp³-hybridized carbons (Fsp3) is 0.429. The maximum Gasteiger partial charge on any atom is 0.355 e. The van der Waals surface area contributed by atoms with E-state index >= 15 is 0 Å². The molecule has 27 heavy (non-hydrogen) atoms. The summed E-state index contributed by atoms with van der Waals surface area (Å²) in [6.07, 6.45) is 4.32. The van der Waals surface area contributed by atoms with Crippen LogP contribution in [-0.2, 0) is 4.74 Å². The van der Waals surface area contributed by atoms with Gasteiger partial charge in [0.1, 0.15) is 5.69 Å². The molecule has 2 aliphatic rings. The van der Waals surface area contributed by atoms with E-state index in [4.69, 9.17) is 4.74 Å². The molecule has 0 unspecified atom stereocenters. The number of nitrogens with one attached hydrogen (secondary N) is 2. The van der Waals surface area contributed by atoms with Gasteiger partial charge in [0.15, 0.2) is 5.96 Å². The van der Waals surface area contributed by atoms with Crippen LogP contribution in [0, 0.1) is 6.92 Å². The zero-order valence-corrected chi connectivity index (χ0v) is 16.1. The molecule has 0 saturated carbocycles. The van der Waals surface area contributed by atoms with Crippen LogP contribution in [0.25, 0.3) is 11.1 Å². The largest absolute Gasteiger partial charge is 0.461 e. The first-order valence-electron chi connectivity index (χ1n) is 9.64. The lowest BCUT2D eigenvalue weighted by molar-refractivity contribution is 0.0521. The Morgan fingerprint density at radius 3 is 2.74 bits per heavy atom. The third-order valence-electron chi connectivity index (χ3n) is 4.65. The number of H-pyrrole nitrogens is 1. The van der Waals surface area contributed by atoms with Crippen LogP contribution in [-0.4, -0.2) is 54.6 Å². The predicted octanol–water partition coefficient (Wildman–Crippen LogP) is 3.21. The van der Waals surface area contributed by atoms with E-state index in [0.717, 1.165) is 35.7 Å². The highest BCUT2D eigenvalue weighted by molar-refractivity contribution is 5.96. The number of aryl methyl sites for hydroxylation is 1. The van der Waals surface area contributed by atoms with Gasteiger partial charge >= 0.3 is 5.97 Å². The van der Waals surface area contributed by atoms with E-state index < -0.39 is 0 Å². The van der Waals surface area contributed by atoms with E-state index in [1.807, 2.05) is 43.5 Å². The summed E-state index contributed by atoms with van der Waals surface area (Å²) in [6.45, 7) is 8.68. The molecular formula is C21H28N4O2. The molecule has 1 fully saturated rings. The summed E-state index contributed by atoms with van der Waals surface area (Å²) in [5.41, 5.74) is 3.51. The van der Waals surface area contributed by atoms with Crippen molar-refractivity contribution in [3.8, 4) is 11.1 Å². The molecule has 0 spiro atoms. The molecule has 1 saturated heterocycles. The number of aromatic amines is 1. The Bertz CT molecular complexity index is 783. The minimum Gasteiger partial charge on any atom is -0.461 e. The summed E-state index contributed by atoms with van der Waals surface area (Å²) < 4.78 is 5.03. The fourth-order valence-corrected chi connectivity index (χ4v) is 3.37. The summed E-state index contributed by atoms with van der Waals surface area (Å²) in [4.78, 5) is 21.5. The number of fused-ring (bicyclic) bond motifs is 1. The normalized spacial score (nSPS) is 15.6. The summed E-state index contributed by atoms with van der Waals surface area (Å²) >= 11 is 0. The van der Waals surface area contributed by atoms with E-state index in [0.29, 0.717) is 12.3 Å². The molecule has 1 aromatic heterocycles. The van der Waals surface area contributed by atoms with Gasteiger partial charge in [-0.1, -0.05) is 30.3 Å². The van der Waals surface area contributed by atoms with Crippen LogP contribution in [0.4, 0.5) is 0 Å². The number of carbonyl (C=O) groups excluding carboxylic acids is 1. The number of hydrogen-bond acceptors (Lipinski definition) is 5. The molecule has 2 aromatic rings. The number of carbonyl (C=O) groups is 1. The van der Waals surface area contributed by atoms with Crippen molar-refractivity contribution in [1.82, 2.24) is 15.2 Å². The van der Waals surface area contributed by atoms with Crippen molar-refractivity contribution in [1.29, 1.82) is 0 Å². The summed E-state index contributed by atoms with van der Waals surface area (Å²) in [6, 6.07) is 9.83. The van der Waals surface area contributed by atoms with Crippen LogP contribution >= 0.6 is 0 Å². The Balaban J connectivity index is 0.000000177. The average Bonchev–Trinajstić information content (AvgIpc) is 3.11. The van der Waals surface area contributed by atoms with Gasteiger partial charge in [0.05, 0.1) is 6.61 Å². The number of nitrogens with zero attached hydrogens (tertiary/aromatic N) is 2. The summed E-state index contributed by atoms with van der Waals surface area (Å²) in [5.74, 6) is 0.831. The van der Waals surface area contributed by atoms with Gasteiger partial charge in [-0.15, -0.1) is 0 Å². The first-order chi connectivity index (χ1) is 13.2. The number of guanidine groups is 1. The van der Waals surface area contributed by atoms with E-state index in [9.17, 15) is 4.79 Å². The van der Waals surface area contributed by atoms with Crippen molar-refractivity contribution in [3.63, 3.8) is 0 Å². The van der Waals surface area contributed by atoms with Crippen LogP contribution in [0.3, 0.4) is 0 Å². The Kier molecular flexibility index (Phi) is 6.52. The Labute approximate surface area is 160 Å². The first kappa shape index (κ1) is 19.0. The molecule has 1 aromatic carbocycles. The summed E-state index contributed by atoms with van der Waals surface area (Å²) in [5, 5.41) is 3.30. The van der Waals surface area contributed by atoms with Crippen LogP contribution in [0.1, 0.15) is 35.8 Å². The molecule has 2 aliphatic heterocycles. The molecule has 0 amide bonds. The maximum absolute atomic E-state index is 11.8. The highest BCUT2D eigenvalue weighted by atomic mass is 16.5. The number of esters is 1. The van der Waals surface area contributed by atoms with Gasteiger partial charge in [0.25, 0.3) is 0 Å². The van der Waals surface area contributed by atoms with Gasteiger partial charge < -0.3 is 19.9 Å². The van der Waals surface area contributed by atoms with Gasteiger partial charge in [-0.25, -0.2) is 4.79 Å². The predicted molar refractivity (Wildman–Crippen MR) is 108 cm³/mol. The van der Waals surface area contributed by atoms with E-state index in [-0.39, 0.29) is 5.97 Å². The number of benzene rings is 1. The lowest BCUT2D eigenvalue weighted by Gasteiger charge is -2.33. The third-order valence-corrected chi connectivity index (χ3v) is 4.65. The van der Waals surface area contributed by atoms with Crippen molar-refractivity contribution in [2.75, 3.05) is 32.8 Å². The Morgan fingerprint density at radius 1 is 1.22 bits per heavy atom. The topological polar surface area (TPSA) is 69.7 Å². The highest BCUT2D eigenvalue weighted by Crippen LogP contribution is 2.27. The second-order valence-corrected chi connectivity index (χ2v) is 6.63. The van der Waals surface area contributed by atoms with Crippen molar-refractivity contribution in [2.45, 2.75) is 26.7 Å². The molecular weight excluding hydrogens is 340 g/mol. The van der Waals surface area contributed by atoms with Crippen molar-refractivity contribution >= 4 is 11.9 Å². The summed E-state index contributed by atoms with van der Waals surface area (Å²) in [7, 11) is 0. The van der Waals surface area contributed by atoms with Crippen LogP contribution < -0.4 is 5.32 Å². The fourth-order valence-electron chi connectivity index (χ4n) is 3.37. The number of aliphatic imine (C=N–C) groups is 1. The lowest BCUT2D eigenvalue weighted by Crippen LogP contribution is -2.49. The number of aromatic nitrogens is 1. The molecule has 0 aliphatic carbocycles. The van der Waals surface area contributed by atoms with E-state index in [1.54, 1.807) is 6.92 Å². The molecule has 3 heterocycles. The number of hydrogen-bond donors (Lipinski definition) is 2. The standard InChI is InChI=1S/C14H15NO2.C7H13N3/c1-3-17-14(16)13-12(10(2)9-15-13)11-7-5-4-6-8-11;1-3-8-7-9-4-2-6-10(7)5-1/h4-9,15H,3H2,1-2H3;1-6H2,(H,8,9). The lowest BCUT2D eigenvalue weighted by atomic mass is 10.0. The first-order valence-corrected chi connectivity index (χ1v) is 9.64. The molecule has 0 radical (unpaired) electrons. The monoisotopic (exact) mass is 368 g/mol. The van der Waals surface area contributed by atoms with Crippen LogP contribution in [0.2, 0.25) is 0 Å². The van der Waals surface area contributed by atoms with Gasteiger partial charge in [-0.05, 0) is 37.8 Å². The molecule has 0 bridgehead atoms. The van der Waals surface area contributed by atoms with Crippen LogP contribution in [0.5, 0.6) is 0 Å². The van der Waals surface area contributed by atoms with Gasteiger partial charge in [-0.2, -0.15) is 0 Å². The maximum atomic E-state index is 11.8. The van der Waals surface area contributed by atoms with Crippen molar-refractivity contribution < 1.29 is 9.53 Å². The quantitative estimate of drug-likeness (QED) is 0.816. The Hall–Kier alpha value is -2.76. The zero-order valence-electron chi connectivity index (χ0n) is 16.1. The zero-order chi connectivity index (χ0) is 19.1.